The highest BCUT2D eigenvalue weighted by molar-refractivity contribution is 7.13. The number of aliphatic hydroxyl groups is 2. The van der Waals surface area contributed by atoms with Crippen molar-refractivity contribution in [3.63, 3.8) is 0 Å². The zero-order chi connectivity index (χ0) is 51.5. The Kier molecular flexibility index (Phi) is 18.8. The van der Waals surface area contributed by atoms with Gasteiger partial charge >= 0.3 is 0 Å². The molecule has 4 aromatic rings. The van der Waals surface area contributed by atoms with Crippen molar-refractivity contribution in [2.45, 2.75) is 129 Å². The lowest BCUT2D eigenvalue weighted by molar-refractivity contribution is -0.144. The van der Waals surface area contributed by atoms with Crippen LogP contribution in [0.4, 0.5) is 5.82 Å². The molecule has 7 rings (SSSR count). The van der Waals surface area contributed by atoms with Gasteiger partial charge in [-0.15, -0.1) is 11.3 Å². The smallest absolute Gasteiger partial charge is 0.246 e. The van der Waals surface area contributed by atoms with E-state index in [1.165, 1.54) is 11.2 Å². The van der Waals surface area contributed by atoms with Crippen molar-refractivity contribution in [2.24, 2.45) is 5.41 Å². The summed E-state index contributed by atoms with van der Waals surface area (Å²) in [6, 6.07) is 13.4. The second-order valence-electron chi connectivity index (χ2n) is 20.5. The summed E-state index contributed by atoms with van der Waals surface area (Å²) in [5.41, 5.74) is 6.60. The van der Waals surface area contributed by atoms with Crippen LogP contribution >= 0.6 is 22.9 Å². The van der Waals surface area contributed by atoms with Crippen LogP contribution in [-0.2, 0) is 30.5 Å². The lowest BCUT2D eigenvalue weighted by atomic mass is 9.85. The second kappa shape index (κ2) is 24.9. The maximum Gasteiger partial charge on any atom is 0.246 e. The van der Waals surface area contributed by atoms with Gasteiger partial charge in [-0.05, 0) is 66.3 Å². The highest BCUT2D eigenvalue weighted by atomic mass is 35.5. The van der Waals surface area contributed by atoms with E-state index in [-0.39, 0.29) is 61.9 Å². The van der Waals surface area contributed by atoms with Crippen LogP contribution in [0.1, 0.15) is 125 Å². The van der Waals surface area contributed by atoms with Crippen molar-refractivity contribution < 1.29 is 34.2 Å². The van der Waals surface area contributed by atoms with E-state index < -0.39 is 41.5 Å². The topological polar surface area (TPSA) is 222 Å². The number of likely N-dealkylation sites (tertiary alicyclic amines) is 1. The third kappa shape index (κ3) is 13.9. The van der Waals surface area contributed by atoms with Crippen molar-refractivity contribution in [1.29, 1.82) is 0 Å². The number of hydrogen-bond acceptors (Lipinski definition) is 13. The Morgan fingerprint density at radius 1 is 0.833 bits per heavy atom. The number of aliphatic hydroxyl groups excluding tert-OH is 2. The minimum atomic E-state index is -0.901. The zero-order valence-corrected chi connectivity index (χ0v) is 43.7. The number of fused-ring (bicyclic) bond motifs is 1. The first-order valence-electron chi connectivity index (χ1n) is 25.3. The van der Waals surface area contributed by atoms with E-state index in [1.807, 2.05) is 74.5 Å². The second-order valence-corrected chi connectivity index (χ2v) is 21.8. The Balaban J connectivity index is 0.787. The molecule has 0 radical (unpaired) electrons. The van der Waals surface area contributed by atoms with Crippen LogP contribution in [0.25, 0.3) is 10.4 Å². The van der Waals surface area contributed by atoms with E-state index in [4.69, 9.17) is 11.6 Å². The molecule has 2 saturated heterocycles. The molecule has 19 heteroatoms. The van der Waals surface area contributed by atoms with Gasteiger partial charge in [0.1, 0.15) is 24.2 Å². The molecule has 5 amide bonds. The minimum absolute atomic E-state index is 0.000591. The first-order chi connectivity index (χ1) is 34.5. The molecule has 2 aliphatic heterocycles. The van der Waals surface area contributed by atoms with Gasteiger partial charge in [0, 0.05) is 88.8 Å². The number of rotatable bonds is 21. The number of amides is 5. The molecule has 72 heavy (non-hydrogen) atoms. The zero-order valence-electron chi connectivity index (χ0n) is 42.2. The minimum Gasteiger partial charge on any atom is -0.391 e. The molecule has 17 nitrogen and oxygen atoms in total. The number of piperazine rings is 1. The molecule has 2 aromatic carbocycles. The van der Waals surface area contributed by atoms with Gasteiger partial charge < -0.3 is 46.2 Å². The molecule has 0 bridgehead atoms. The van der Waals surface area contributed by atoms with Crippen LogP contribution in [0, 0.1) is 12.3 Å². The van der Waals surface area contributed by atoms with Crippen LogP contribution in [0.5, 0.6) is 0 Å². The molecule has 6 N–H and O–H groups in total. The number of nitrogens with zero attached hydrogens (tertiary/aromatic N) is 6. The first-order valence-corrected chi connectivity index (χ1v) is 26.6. The fourth-order valence-electron chi connectivity index (χ4n) is 9.90. The molecule has 4 heterocycles. The van der Waals surface area contributed by atoms with E-state index in [1.54, 1.807) is 23.5 Å². The molecule has 2 aromatic heterocycles. The normalized spacial score (nSPS) is 19.7. The van der Waals surface area contributed by atoms with Crippen LogP contribution in [0.3, 0.4) is 0 Å². The summed E-state index contributed by atoms with van der Waals surface area (Å²) >= 11 is 7.78. The van der Waals surface area contributed by atoms with E-state index in [9.17, 15) is 34.2 Å². The van der Waals surface area contributed by atoms with Crippen LogP contribution in [0.2, 0.25) is 5.02 Å². The number of aromatic nitrogens is 3. The van der Waals surface area contributed by atoms with E-state index in [0.717, 1.165) is 57.9 Å². The van der Waals surface area contributed by atoms with Crippen molar-refractivity contribution in [1.82, 2.24) is 46.0 Å². The number of anilines is 1. The van der Waals surface area contributed by atoms with Gasteiger partial charge in [-0.1, -0.05) is 88.5 Å². The Labute approximate surface area is 431 Å². The quantitative estimate of drug-likeness (QED) is 0.0579. The summed E-state index contributed by atoms with van der Waals surface area (Å²) in [5.74, 6) is -0.595. The number of thiazole rings is 1. The number of carbonyl (C=O) groups is 5. The summed E-state index contributed by atoms with van der Waals surface area (Å²) in [7, 11) is 0. The molecular formula is C53H71ClN10O7S. The van der Waals surface area contributed by atoms with Gasteiger partial charge in [-0.3, -0.25) is 24.0 Å². The SMILES string of the molecule is Cc1ncsc1-c1ccc(CNC(=O)C2CC(O)CN2C(=O)C(NC(=O)CCCCCCNC(=O)CCNCC(C(=O)N2CCN(c3ncnc4c3C(C)CC4O)CC2)c2ccc(Cl)cc2)C(C)(C)C)cc1. The van der Waals surface area contributed by atoms with Gasteiger partial charge in [0.05, 0.1) is 39.9 Å². The molecule has 0 saturated carbocycles. The third-order valence-electron chi connectivity index (χ3n) is 14.0. The maximum atomic E-state index is 14.1. The molecule has 3 aliphatic rings. The predicted molar refractivity (Wildman–Crippen MR) is 278 cm³/mol. The summed E-state index contributed by atoms with van der Waals surface area (Å²) < 4.78 is 0. The number of halogens is 1. The number of β-amino-alcohol motifs (C(OH)–C–C–N with tert-alkyl or cyclic N) is 1. The predicted octanol–water partition coefficient (Wildman–Crippen LogP) is 5.39. The number of carbonyl (C=O) groups excluding carboxylic acids is 5. The molecule has 6 unspecified atom stereocenters. The van der Waals surface area contributed by atoms with Crippen molar-refractivity contribution >= 4 is 58.3 Å². The van der Waals surface area contributed by atoms with Gasteiger partial charge in [0.25, 0.3) is 0 Å². The van der Waals surface area contributed by atoms with Gasteiger partial charge in [0.2, 0.25) is 29.5 Å². The highest BCUT2D eigenvalue weighted by Gasteiger charge is 2.44. The number of aryl methyl sites for hydroxylation is 1. The van der Waals surface area contributed by atoms with Gasteiger partial charge in [0.15, 0.2) is 0 Å². The van der Waals surface area contributed by atoms with Crippen molar-refractivity contribution in [3.8, 4) is 10.4 Å². The fraction of sp³-hybridized carbons (Fsp3) is 0.547. The number of hydrogen-bond donors (Lipinski definition) is 6. The van der Waals surface area contributed by atoms with Crippen LogP contribution in [0.15, 0.2) is 60.4 Å². The Morgan fingerprint density at radius 2 is 1.56 bits per heavy atom. The lowest BCUT2D eigenvalue weighted by Crippen LogP contribution is -2.57. The summed E-state index contributed by atoms with van der Waals surface area (Å²) in [4.78, 5) is 87.4. The third-order valence-corrected chi connectivity index (χ3v) is 15.2. The average molecular weight is 1030 g/mol. The largest absolute Gasteiger partial charge is 0.391 e. The van der Waals surface area contributed by atoms with E-state index >= 15 is 0 Å². The Morgan fingerprint density at radius 3 is 2.25 bits per heavy atom. The first kappa shape index (κ1) is 54.2. The standard InChI is InChI=1S/C53H71ClN10O7S/c1-33-26-42(66)46-45(33)49(59-31-58-46)62-22-24-63(25-23-62)51(70)40(36-15-17-38(54)18-16-36)29-55-21-19-43(67)56-20-9-7-6-8-10-44(68)61-48(53(3,4)5)52(71)64-30-39(65)27-41(64)50(69)57-28-35-11-13-37(14-12-35)47-34(2)60-32-72-47/h11-18,31-33,39-42,48,55,65-66H,6-10,19-30H2,1-5H3,(H,56,67)(H,57,69)(H,61,68). The van der Waals surface area contributed by atoms with E-state index in [2.05, 4.69) is 48.0 Å². The molecular weight excluding hydrogens is 956 g/mol. The maximum absolute atomic E-state index is 14.1. The van der Waals surface area contributed by atoms with Crippen molar-refractivity contribution in [3.05, 3.63) is 93.5 Å². The van der Waals surface area contributed by atoms with Crippen LogP contribution in [-0.4, -0.2) is 135 Å². The monoisotopic (exact) mass is 1030 g/mol. The highest BCUT2D eigenvalue weighted by Crippen LogP contribution is 2.43. The summed E-state index contributed by atoms with van der Waals surface area (Å²) in [5, 5.41) is 33.9. The lowest BCUT2D eigenvalue weighted by Gasteiger charge is -2.38. The molecule has 0 spiro atoms. The average Bonchev–Trinajstić information content (AvgIpc) is 4.07. The Hall–Kier alpha value is -5.53. The summed E-state index contributed by atoms with van der Waals surface area (Å²) in [6.45, 7) is 13.4. The molecule has 2 fully saturated rings. The molecule has 388 valence electrons. The van der Waals surface area contributed by atoms with Gasteiger partial charge in [-0.25, -0.2) is 15.0 Å². The van der Waals surface area contributed by atoms with Crippen molar-refractivity contribution in [2.75, 3.05) is 57.3 Å². The van der Waals surface area contributed by atoms with E-state index in [0.29, 0.717) is 69.4 Å². The molecule has 1 aliphatic carbocycles. The summed E-state index contributed by atoms with van der Waals surface area (Å²) in [6.07, 6.45) is 4.16. The number of benzene rings is 2. The fourth-order valence-corrected chi connectivity index (χ4v) is 10.8. The molecule has 6 atom stereocenters. The Bertz CT molecular complexity index is 2500. The van der Waals surface area contributed by atoms with Gasteiger partial charge in [-0.2, -0.15) is 0 Å². The number of nitrogens with one attached hydrogen (secondary N) is 4. The van der Waals surface area contributed by atoms with Crippen LogP contribution < -0.4 is 26.2 Å². The number of unbranched alkanes of at least 4 members (excludes halogenated alkanes) is 3.